The molecule has 0 radical (unpaired) electrons. The Morgan fingerprint density at radius 1 is 0.328 bits per heavy atom. The molecule has 0 aromatic carbocycles. The van der Waals surface area contributed by atoms with Crippen molar-refractivity contribution in [3.63, 3.8) is 0 Å². The molecule has 0 aliphatic rings. The molecule has 0 aromatic heterocycles. The van der Waals surface area contributed by atoms with E-state index in [4.69, 9.17) is 14.2 Å². The number of carbonyl (C=O) groups is 3. The molecule has 0 spiro atoms. The Labute approximate surface area is 396 Å². The Bertz CT molecular complexity index is 1170. The highest BCUT2D eigenvalue weighted by Gasteiger charge is 2.19. The van der Waals surface area contributed by atoms with Crippen molar-refractivity contribution in [1.82, 2.24) is 0 Å². The molecule has 0 heterocycles. The van der Waals surface area contributed by atoms with E-state index >= 15 is 0 Å². The molecular weight excluding hydrogens is 793 g/mol. The molecule has 0 bridgehead atoms. The van der Waals surface area contributed by atoms with Crippen molar-refractivity contribution in [2.24, 2.45) is 0 Å². The van der Waals surface area contributed by atoms with Gasteiger partial charge in [0.05, 0.1) is 0 Å². The number of hydrogen-bond donors (Lipinski definition) is 0. The second-order valence-electron chi connectivity index (χ2n) is 18.2. The minimum atomic E-state index is -0.785. The summed E-state index contributed by atoms with van der Waals surface area (Å²) in [6, 6.07) is 0. The highest BCUT2D eigenvalue weighted by Crippen LogP contribution is 2.15. The molecule has 0 saturated carbocycles. The molecule has 0 aliphatic heterocycles. The lowest BCUT2D eigenvalue weighted by molar-refractivity contribution is -0.167. The lowest BCUT2D eigenvalue weighted by Crippen LogP contribution is -2.30. The molecule has 0 aliphatic carbocycles. The number of hydrogen-bond acceptors (Lipinski definition) is 6. The van der Waals surface area contributed by atoms with Gasteiger partial charge in [0.15, 0.2) is 6.10 Å². The molecule has 0 N–H and O–H groups in total. The van der Waals surface area contributed by atoms with Crippen LogP contribution >= 0.6 is 0 Å². The highest BCUT2D eigenvalue weighted by atomic mass is 16.6. The Balaban J connectivity index is 4.40. The van der Waals surface area contributed by atoms with Gasteiger partial charge in [-0.1, -0.05) is 223 Å². The summed E-state index contributed by atoms with van der Waals surface area (Å²) in [4.78, 5) is 38.1. The summed E-state index contributed by atoms with van der Waals surface area (Å²) in [6.45, 7) is 6.49. The van der Waals surface area contributed by atoms with Gasteiger partial charge in [-0.15, -0.1) is 0 Å². The summed E-state index contributed by atoms with van der Waals surface area (Å²) in [6.07, 6.45) is 64.9. The summed E-state index contributed by atoms with van der Waals surface area (Å²) < 4.78 is 16.8. The van der Waals surface area contributed by atoms with Gasteiger partial charge in [-0.2, -0.15) is 0 Å². The van der Waals surface area contributed by atoms with Gasteiger partial charge in [0.2, 0.25) is 0 Å². The normalized spacial score (nSPS) is 12.5. The van der Waals surface area contributed by atoms with Crippen LogP contribution < -0.4 is 0 Å². The van der Waals surface area contributed by atoms with E-state index in [1.807, 2.05) is 0 Å². The number of allylic oxidation sites excluding steroid dienone is 10. The lowest BCUT2D eigenvalue weighted by atomic mass is 10.1. The third kappa shape index (κ3) is 50.1. The van der Waals surface area contributed by atoms with Crippen LogP contribution in [-0.4, -0.2) is 37.2 Å². The number of ether oxygens (including phenoxy) is 3. The molecule has 1 atom stereocenters. The van der Waals surface area contributed by atoms with Crippen molar-refractivity contribution < 1.29 is 28.6 Å². The number of rotatable bonds is 49. The lowest BCUT2D eigenvalue weighted by Gasteiger charge is -2.18. The smallest absolute Gasteiger partial charge is 0.306 e. The van der Waals surface area contributed by atoms with Crippen LogP contribution in [0.1, 0.15) is 271 Å². The zero-order valence-electron chi connectivity index (χ0n) is 42.3. The average Bonchev–Trinajstić information content (AvgIpc) is 3.29. The summed E-state index contributed by atoms with van der Waals surface area (Å²) in [5, 5.41) is 0. The largest absolute Gasteiger partial charge is 0.462 e. The second-order valence-corrected chi connectivity index (χ2v) is 18.2. The van der Waals surface area contributed by atoms with E-state index in [0.717, 1.165) is 77.0 Å². The van der Waals surface area contributed by atoms with Crippen LogP contribution in [0.4, 0.5) is 0 Å². The van der Waals surface area contributed by atoms with Gasteiger partial charge in [-0.05, 0) is 89.9 Å². The number of unbranched alkanes of at least 4 members (excludes halogenated alkanes) is 30. The minimum absolute atomic E-state index is 0.0834. The van der Waals surface area contributed by atoms with Gasteiger partial charge in [0.1, 0.15) is 13.2 Å². The standard InChI is InChI=1S/C58H102O6/c1-4-7-10-13-16-19-22-25-28-31-33-36-39-42-45-48-51-57(60)63-54-55(64-58(61)52-49-46-43-40-37-34-30-27-24-21-18-15-12-9-6-3)53-62-56(59)50-47-44-41-38-35-32-29-26-23-20-17-14-11-8-5-2/h9,12,15,18,20-21,23-24,28,31,55H,4-8,10-11,13-14,16-17,19,22,25-27,29-30,32-54H2,1-3H3/b12-9-,18-15-,23-20-,24-21-,31-28-. The molecular formula is C58H102O6. The van der Waals surface area contributed by atoms with Crippen LogP contribution in [0.2, 0.25) is 0 Å². The van der Waals surface area contributed by atoms with Crippen LogP contribution in [0, 0.1) is 0 Å². The first-order valence-electron chi connectivity index (χ1n) is 27.3. The monoisotopic (exact) mass is 895 g/mol. The van der Waals surface area contributed by atoms with Crippen LogP contribution in [0.5, 0.6) is 0 Å². The van der Waals surface area contributed by atoms with Crippen molar-refractivity contribution in [3.05, 3.63) is 60.8 Å². The third-order valence-corrected chi connectivity index (χ3v) is 11.8. The molecule has 0 fully saturated rings. The molecule has 1 unspecified atom stereocenters. The van der Waals surface area contributed by atoms with E-state index in [2.05, 4.69) is 81.5 Å². The maximum atomic E-state index is 12.8. The molecule has 0 rings (SSSR count). The topological polar surface area (TPSA) is 78.9 Å². The summed E-state index contributed by atoms with van der Waals surface area (Å²) in [7, 11) is 0. The molecule has 370 valence electrons. The quantitative estimate of drug-likeness (QED) is 0.0199. The minimum Gasteiger partial charge on any atom is -0.462 e. The zero-order valence-corrected chi connectivity index (χ0v) is 42.3. The Hall–Kier alpha value is -2.89. The molecule has 0 aromatic rings. The van der Waals surface area contributed by atoms with Crippen molar-refractivity contribution in [2.45, 2.75) is 277 Å². The summed E-state index contributed by atoms with van der Waals surface area (Å²) in [5.41, 5.74) is 0. The third-order valence-electron chi connectivity index (χ3n) is 11.8. The second kappa shape index (κ2) is 52.7. The van der Waals surface area contributed by atoms with Gasteiger partial charge in [-0.25, -0.2) is 0 Å². The first-order chi connectivity index (χ1) is 31.5. The van der Waals surface area contributed by atoms with Crippen LogP contribution in [0.15, 0.2) is 60.8 Å². The summed E-state index contributed by atoms with van der Waals surface area (Å²) >= 11 is 0. The van der Waals surface area contributed by atoms with E-state index in [1.165, 1.54) is 154 Å². The molecule has 6 heteroatoms. The molecule has 6 nitrogen and oxygen atoms in total. The number of esters is 3. The van der Waals surface area contributed by atoms with Gasteiger partial charge >= 0.3 is 17.9 Å². The fourth-order valence-corrected chi connectivity index (χ4v) is 7.67. The fourth-order valence-electron chi connectivity index (χ4n) is 7.67. The highest BCUT2D eigenvalue weighted by molar-refractivity contribution is 5.71. The fraction of sp³-hybridized carbons (Fsp3) is 0.776. The predicted molar refractivity (Wildman–Crippen MR) is 275 cm³/mol. The van der Waals surface area contributed by atoms with Gasteiger partial charge in [0, 0.05) is 19.3 Å². The van der Waals surface area contributed by atoms with E-state index < -0.39 is 6.10 Å². The first-order valence-corrected chi connectivity index (χ1v) is 27.3. The SMILES string of the molecule is CC\C=C/C=C\C=C/CCCCCCCCCC(=O)OC(COC(=O)CCCCCCC/C=C\CCCCCCCCC)COC(=O)CCCCCCCCC/C=C\CCCCCC. The predicted octanol–water partition coefficient (Wildman–Crippen LogP) is 18.0. The Morgan fingerprint density at radius 3 is 1.00 bits per heavy atom. The number of carbonyl (C=O) groups excluding carboxylic acids is 3. The Morgan fingerprint density at radius 2 is 0.625 bits per heavy atom. The molecule has 0 amide bonds. The average molecular weight is 895 g/mol. The molecule has 0 saturated heterocycles. The van der Waals surface area contributed by atoms with Crippen molar-refractivity contribution >= 4 is 17.9 Å². The van der Waals surface area contributed by atoms with Crippen molar-refractivity contribution in [1.29, 1.82) is 0 Å². The van der Waals surface area contributed by atoms with E-state index in [0.29, 0.717) is 19.3 Å². The van der Waals surface area contributed by atoms with Crippen molar-refractivity contribution in [2.75, 3.05) is 13.2 Å². The van der Waals surface area contributed by atoms with Crippen LogP contribution in [0.25, 0.3) is 0 Å². The Kier molecular flexibility index (Phi) is 50.4. The molecule has 64 heavy (non-hydrogen) atoms. The van der Waals surface area contributed by atoms with Crippen LogP contribution in [0.3, 0.4) is 0 Å². The van der Waals surface area contributed by atoms with Gasteiger partial charge in [0.25, 0.3) is 0 Å². The maximum Gasteiger partial charge on any atom is 0.306 e. The van der Waals surface area contributed by atoms with E-state index in [-0.39, 0.29) is 31.1 Å². The first kappa shape index (κ1) is 61.1. The maximum absolute atomic E-state index is 12.8. The van der Waals surface area contributed by atoms with Crippen molar-refractivity contribution in [3.8, 4) is 0 Å². The van der Waals surface area contributed by atoms with E-state index in [1.54, 1.807) is 0 Å². The zero-order chi connectivity index (χ0) is 46.5. The van der Waals surface area contributed by atoms with Gasteiger partial charge in [-0.3, -0.25) is 14.4 Å². The van der Waals surface area contributed by atoms with E-state index in [9.17, 15) is 14.4 Å². The summed E-state index contributed by atoms with van der Waals surface area (Å²) in [5.74, 6) is -0.901. The van der Waals surface area contributed by atoms with Crippen LogP contribution in [-0.2, 0) is 28.6 Å². The van der Waals surface area contributed by atoms with Gasteiger partial charge < -0.3 is 14.2 Å².